The van der Waals surface area contributed by atoms with Crippen LogP contribution < -0.4 is 11.3 Å². The number of hydrazine groups is 1. The van der Waals surface area contributed by atoms with Crippen LogP contribution >= 0.6 is 0 Å². The molecule has 34 heavy (non-hydrogen) atoms. The average Bonchev–Trinajstić information content (AvgIpc) is 2.86. The van der Waals surface area contributed by atoms with E-state index in [0.717, 1.165) is 44.0 Å². The number of rotatable bonds is 12. The molecule has 0 aliphatic heterocycles. The number of nitrogens with one attached hydrogen (secondary N) is 1. The first-order valence-corrected chi connectivity index (χ1v) is 12.3. The molecule has 178 valence electrons. The molecule has 4 nitrogen and oxygen atoms in total. The fraction of sp³-hybridized carbons (Fsp3) is 0.333. The van der Waals surface area contributed by atoms with Crippen LogP contribution in [0.2, 0.25) is 0 Å². The molecule has 3 aromatic carbocycles. The molecule has 0 spiro atoms. The lowest BCUT2D eigenvalue weighted by Gasteiger charge is -2.11. The van der Waals surface area contributed by atoms with Crippen LogP contribution in [0, 0.1) is 0 Å². The number of amides is 1. The van der Waals surface area contributed by atoms with Gasteiger partial charge in [-0.2, -0.15) is 0 Å². The van der Waals surface area contributed by atoms with Gasteiger partial charge in [0.05, 0.1) is 0 Å². The Morgan fingerprint density at radius 2 is 1.82 bits per heavy atom. The van der Waals surface area contributed by atoms with Gasteiger partial charge in [-0.15, -0.1) is 0 Å². The SMILES string of the molecule is CC(C)c1cc(/C=C\CCCCCc2ccc(CCC(=O)NN)c(C=O)c2)cc2ccccc12. The highest BCUT2D eigenvalue weighted by molar-refractivity contribution is 5.88. The molecule has 0 radical (unpaired) electrons. The van der Waals surface area contributed by atoms with E-state index in [1.54, 1.807) is 0 Å². The summed E-state index contributed by atoms with van der Waals surface area (Å²) in [6.45, 7) is 4.50. The van der Waals surface area contributed by atoms with Gasteiger partial charge in [-0.1, -0.05) is 74.9 Å². The van der Waals surface area contributed by atoms with E-state index in [2.05, 4.69) is 73.9 Å². The quantitative estimate of drug-likeness (QED) is 0.107. The number of allylic oxidation sites excluding steroid dienone is 1. The molecule has 0 saturated carbocycles. The molecule has 0 aliphatic carbocycles. The maximum Gasteiger partial charge on any atom is 0.234 e. The normalized spacial score (nSPS) is 11.4. The van der Waals surface area contributed by atoms with Crippen molar-refractivity contribution >= 4 is 29.0 Å². The van der Waals surface area contributed by atoms with Crippen molar-refractivity contribution in [3.8, 4) is 0 Å². The van der Waals surface area contributed by atoms with Crippen molar-refractivity contribution in [3.63, 3.8) is 0 Å². The molecule has 4 heteroatoms. The molecule has 0 unspecified atom stereocenters. The summed E-state index contributed by atoms with van der Waals surface area (Å²) < 4.78 is 0. The monoisotopic (exact) mass is 456 g/mol. The highest BCUT2D eigenvalue weighted by atomic mass is 16.2. The number of unbranched alkanes of at least 4 members (excludes halogenated alkanes) is 3. The number of aldehydes is 1. The maximum atomic E-state index is 11.5. The van der Waals surface area contributed by atoms with Crippen LogP contribution in [0.5, 0.6) is 0 Å². The minimum atomic E-state index is -0.226. The summed E-state index contributed by atoms with van der Waals surface area (Å²) in [5.41, 5.74) is 7.53. The number of nitrogens with two attached hydrogens (primary N) is 1. The Morgan fingerprint density at radius 1 is 1.00 bits per heavy atom. The van der Waals surface area contributed by atoms with E-state index >= 15 is 0 Å². The van der Waals surface area contributed by atoms with Crippen LogP contribution in [0.3, 0.4) is 0 Å². The second-order valence-electron chi connectivity index (χ2n) is 9.21. The Morgan fingerprint density at radius 3 is 2.59 bits per heavy atom. The summed E-state index contributed by atoms with van der Waals surface area (Å²) >= 11 is 0. The lowest BCUT2D eigenvalue weighted by Crippen LogP contribution is -2.30. The molecule has 0 fully saturated rings. The zero-order valence-electron chi connectivity index (χ0n) is 20.3. The van der Waals surface area contributed by atoms with Crippen LogP contribution in [0.1, 0.15) is 84.5 Å². The van der Waals surface area contributed by atoms with Gasteiger partial charge in [0.1, 0.15) is 6.29 Å². The second-order valence-corrected chi connectivity index (χ2v) is 9.21. The molecule has 0 aliphatic rings. The van der Waals surface area contributed by atoms with Crippen LogP contribution in [0.15, 0.2) is 60.7 Å². The number of carbonyl (C=O) groups is 2. The van der Waals surface area contributed by atoms with E-state index in [9.17, 15) is 9.59 Å². The predicted octanol–water partition coefficient (Wildman–Crippen LogP) is 6.51. The van der Waals surface area contributed by atoms with Crippen molar-refractivity contribution in [2.24, 2.45) is 5.84 Å². The third kappa shape index (κ3) is 7.13. The lowest BCUT2D eigenvalue weighted by atomic mass is 9.93. The molecule has 0 saturated heterocycles. The Balaban J connectivity index is 1.46. The van der Waals surface area contributed by atoms with Crippen molar-refractivity contribution in [2.45, 2.75) is 64.7 Å². The van der Waals surface area contributed by atoms with E-state index in [1.807, 2.05) is 12.1 Å². The Bertz CT molecular complexity index is 1150. The fourth-order valence-corrected chi connectivity index (χ4v) is 4.38. The first kappa shape index (κ1) is 25.4. The van der Waals surface area contributed by atoms with E-state index in [4.69, 9.17) is 5.84 Å². The van der Waals surface area contributed by atoms with Gasteiger partial charge in [0.2, 0.25) is 5.91 Å². The predicted molar refractivity (Wildman–Crippen MR) is 142 cm³/mol. The summed E-state index contributed by atoms with van der Waals surface area (Å²) in [6, 6.07) is 19.2. The molecule has 0 atom stereocenters. The highest BCUT2D eigenvalue weighted by Crippen LogP contribution is 2.27. The summed E-state index contributed by atoms with van der Waals surface area (Å²) in [7, 11) is 0. The van der Waals surface area contributed by atoms with Gasteiger partial charge in [0.25, 0.3) is 0 Å². The van der Waals surface area contributed by atoms with Gasteiger partial charge < -0.3 is 0 Å². The van der Waals surface area contributed by atoms with Gasteiger partial charge in [0.15, 0.2) is 0 Å². The number of hydrogen-bond donors (Lipinski definition) is 2. The Hall–Kier alpha value is -3.24. The third-order valence-electron chi connectivity index (χ3n) is 6.30. The topological polar surface area (TPSA) is 72.2 Å². The fourth-order valence-electron chi connectivity index (χ4n) is 4.38. The number of benzene rings is 3. The van der Waals surface area contributed by atoms with Crippen LogP contribution in [-0.2, 0) is 17.6 Å². The minimum Gasteiger partial charge on any atom is -0.298 e. The van der Waals surface area contributed by atoms with Crippen LogP contribution in [0.25, 0.3) is 16.8 Å². The van der Waals surface area contributed by atoms with Crippen LogP contribution in [0.4, 0.5) is 0 Å². The molecule has 0 heterocycles. The molecular formula is C30H36N2O2. The largest absolute Gasteiger partial charge is 0.298 e. The minimum absolute atomic E-state index is 0.226. The van der Waals surface area contributed by atoms with E-state index in [0.29, 0.717) is 17.9 Å². The van der Waals surface area contributed by atoms with E-state index < -0.39 is 0 Å². The zero-order chi connectivity index (χ0) is 24.3. The summed E-state index contributed by atoms with van der Waals surface area (Å²) in [5.74, 6) is 5.39. The van der Waals surface area contributed by atoms with Gasteiger partial charge >= 0.3 is 0 Å². The maximum absolute atomic E-state index is 11.5. The number of carbonyl (C=O) groups excluding carboxylic acids is 2. The standard InChI is InChI=1S/C30H36N2O2/c1-22(2)29-20-24(19-26-12-8-9-13-28(26)29)11-7-5-3-4-6-10-23-14-15-25(27(18-23)21-33)16-17-30(34)32-31/h7-9,11-15,18-22H,3-6,10,16-17,31H2,1-2H3,(H,32,34)/b11-7-. The summed E-state index contributed by atoms with van der Waals surface area (Å²) in [5, 5.41) is 2.65. The molecule has 3 rings (SSSR count). The van der Waals surface area contributed by atoms with Crippen LogP contribution in [-0.4, -0.2) is 12.2 Å². The average molecular weight is 457 g/mol. The van der Waals surface area contributed by atoms with Crippen molar-refractivity contribution in [2.75, 3.05) is 0 Å². The van der Waals surface area contributed by atoms with Gasteiger partial charge in [-0.05, 0) is 83.2 Å². The lowest BCUT2D eigenvalue weighted by molar-refractivity contribution is -0.121. The second kappa shape index (κ2) is 12.9. The molecule has 3 aromatic rings. The summed E-state index contributed by atoms with van der Waals surface area (Å²) in [6.07, 6.45) is 11.6. The number of aryl methyl sites for hydroxylation is 2. The molecule has 0 aromatic heterocycles. The van der Waals surface area contributed by atoms with Gasteiger partial charge in [0, 0.05) is 12.0 Å². The van der Waals surface area contributed by atoms with Gasteiger partial charge in [-0.3, -0.25) is 15.0 Å². The van der Waals surface area contributed by atoms with E-state index in [1.165, 1.54) is 27.5 Å². The Kier molecular flexibility index (Phi) is 9.60. The van der Waals surface area contributed by atoms with Crippen molar-refractivity contribution in [1.82, 2.24) is 5.43 Å². The first-order chi connectivity index (χ1) is 16.5. The van der Waals surface area contributed by atoms with Crippen molar-refractivity contribution in [3.05, 3.63) is 88.5 Å². The Labute approximate surface area is 203 Å². The highest BCUT2D eigenvalue weighted by Gasteiger charge is 2.07. The number of fused-ring (bicyclic) bond motifs is 1. The van der Waals surface area contributed by atoms with Gasteiger partial charge in [-0.25, -0.2) is 5.84 Å². The number of hydrogen-bond acceptors (Lipinski definition) is 3. The van der Waals surface area contributed by atoms with Crippen molar-refractivity contribution < 1.29 is 9.59 Å². The first-order valence-electron chi connectivity index (χ1n) is 12.3. The zero-order valence-corrected chi connectivity index (χ0v) is 20.3. The molecular weight excluding hydrogens is 420 g/mol. The molecule has 1 amide bonds. The summed E-state index contributed by atoms with van der Waals surface area (Å²) in [4.78, 5) is 22.8. The van der Waals surface area contributed by atoms with E-state index in [-0.39, 0.29) is 12.3 Å². The smallest absolute Gasteiger partial charge is 0.234 e. The van der Waals surface area contributed by atoms with Crippen molar-refractivity contribution in [1.29, 1.82) is 0 Å². The third-order valence-corrected chi connectivity index (χ3v) is 6.30. The molecule has 0 bridgehead atoms. The molecule has 3 N–H and O–H groups in total.